The van der Waals surface area contributed by atoms with E-state index in [4.69, 9.17) is 33.2 Å². The molecule has 0 amide bonds. The lowest BCUT2D eigenvalue weighted by atomic mass is 9.98. The molecule has 11 unspecified atom stereocenters. The van der Waals surface area contributed by atoms with Gasteiger partial charge in [-0.05, 0) is 83.5 Å². The molecule has 0 saturated carbocycles. The number of hydrogen-bond donors (Lipinski definition) is 6. The molecule has 2 rings (SSSR count). The van der Waals surface area contributed by atoms with E-state index >= 15 is 0 Å². The van der Waals surface area contributed by atoms with Crippen LogP contribution in [0.25, 0.3) is 0 Å². The molecular formula is C67H116O16. The summed E-state index contributed by atoms with van der Waals surface area (Å²) in [6, 6.07) is 0. The first-order chi connectivity index (χ1) is 40.5. The topological polar surface area (TPSA) is 237 Å². The summed E-state index contributed by atoms with van der Waals surface area (Å²) in [6.07, 6.45) is 40.1. The number of hydrogen-bond acceptors (Lipinski definition) is 16. The van der Waals surface area contributed by atoms with Crippen LogP contribution >= 0.6 is 0 Å². The summed E-state index contributed by atoms with van der Waals surface area (Å²) in [5.74, 6) is -1.60. The molecule has 2 saturated heterocycles. The maximum absolute atomic E-state index is 13.2. The van der Waals surface area contributed by atoms with Crippen molar-refractivity contribution in [3.63, 3.8) is 0 Å². The smallest absolute Gasteiger partial charge is 0.306 e. The predicted molar refractivity (Wildman–Crippen MR) is 326 cm³/mol. The number of rotatable bonds is 52. The van der Waals surface area contributed by atoms with Gasteiger partial charge in [0.1, 0.15) is 49.3 Å². The Morgan fingerprint density at radius 1 is 0.422 bits per heavy atom. The quantitative estimate of drug-likeness (QED) is 0.0144. The van der Waals surface area contributed by atoms with Crippen molar-refractivity contribution in [2.75, 3.05) is 26.4 Å². The number of allylic oxidation sites excluding steroid dienone is 10. The standard InChI is InChI=1S/C67H116O16/c1-4-7-10-13-16-19-22-25-27-30-33-36-39-42-45-48-58(70)80-54(51-77-57(69)47-44-41-38-35-32-29-24-21-18-15-12-9-6-3)52-78-66-63(75)62(74)60(72)56(82-66)53-79-67-64(76)65(61(73)55(50-68)81-67)83-59(71)49-46-43-40-37-34-31-28-26-23-20-17-14-11-8-5-2/h7,10,16-17,19-20,25-28,54-56,60-68,72-76H,4-6,8-9,11-15,18,21-24,29-53H2,1-3H3. The molecule has 0 bridgehead atoms. The van der Waals surface area contributed by atoms with E-state index in [1.807, 2.05) is 0 Å². The second-order valence-electron chi connectivity index (χ2n) is 22.7. The van der Waals surface area contributed by atoms with Gasteiger partial charge in [-0.15, -0.1) is 0 Å². The molecule has 83 heavy (non-hydrogen) atoms. The zero-order chi connectivity index (χ0) is 60.4. The summed E-state index contributed by atoms with van der Waals surface area (Å²) >= 11 is 0. The number of unbranched alkanes of at least 4 members (excludes halogenated alkanes) is 25. The molecule has 2 heterocycles. The monoisotopic (exact) mass is 1180 g/mol. The molecule has 11 atom stereocenters. The normalized spacial score (nSPS) is 23.6. The number of aliphatic hydroxyl groups is 6. The number of esters is 3. The SMILES string of the molecule is CCC=CCC=CCC=CCCCCCCCC(=O)OC(COC(=O)CCCCCCCCCCCCCCC)COC1OC(COC2OC(CO)C(O)C(OC(=O)CCCCCCCC=CCC=CCCCCC)C2O)C(O)C(O)C1O. The maximum Gasteiger partial charge on any atom is 0.306 e. The number of carbonyl (C=O) groups is 3. The van der Waals surface area contributed by atoms with Crippen LogP contribution in [0.2, 0.25) is 0 Å². The Bertz CT molecular complexity index is 1730. The van der Waals surface area contributed by atoms with Gasteiger partial charge in [0.15, 0.2) is 24.8 Å². The number of ether oxygens (including phenoxy) is 7. The fourth-order valence-corrected chi connectivity index (χ4v) is 10.00. The molecule has 0 aromatic heterocycles. The van der Waals surface area contributed by atoms with Crippen LogP contribution in [-0.4, -0.2) is 142 Å². The van der Waals surface area contributed by atoms with E-state index in [-0.39, 0.29) is 25.9 Å². The van der Waals surface area contributed by atoms with Crippen LogP contribution < -0.4 is 0 Å². The third kappa shape index (κ3) is 37.8. The van der Waals surface area contributed by atoms with Crippen molar-refractivity contribution < 1.29 is 78.2 Å². The van der Waals surface area contributed by atoms with E-state index in [0.29, 0.717) is 19.3 Å². The van der Waals surface area contributed by atoms with Gasteiger partial charge in [-0.25, -0.2) is 0 Å². The van der Waals surface area contributed by atoms with Crippen molar-refractivity contribution in [1.29, 1.82) is 0 Å². The van der Waals surface area contributed by atoms with Gasteiger partial charge in [-0.2, -0.15) is 0 Å². The Morgan fingerprint density at radius 2 is 0.843 bits per heavy atom. The molecule has 16 nitrogen and oxygen atoms in total. The summed E-state index contributed by atoms with van der Waals surface area (Å²) in [7, 11) is 0. The highest BCUT2D eigenvalue weighted by Crippen LogP contribution is 2.28. The lowest BCUT2D eigenvalue weighted by molar-refractivity contribution is -0.333. The van der Waals surface area contributed by atoms with Gasteiger partial charge in [0.05, 0.1) is 19.8 Å². The van der Waals surface area contributed by atoms with Crippen molar-refractivity contribution >= 4 is 17.9 Å². The molecule has 0 aromatic carbocycles. The Hall–Kier alpha value is -3.29. The predicted octanol–water partition coefficient (Wildman–Crippen LogP) is 12.5. The highest BCUT2D eigenvalue weighted by Gasteiger charge is 2.49. The summed E-state index contributed by atoms with van der Waals surface area (Å²) in [6.45, 7) is 4.57. The van der Waals surface area contributed by atoms with E-state index < -0.39 is 105 Å². The van der Waals surface area contributed by atoms with Gasteiger partial charge < -0.3 is 63.8 Å². The molecule has 16 heteroatoms. The second kappa shape index (κ2) is 51.9. The van der Waals surface area contributed by atoms with Crippen LogP contribution in [0.5, 0.6) is 0 Å². The van der Waals surface area contributed by atoms with Gasteiger partial charge in [-0.3, -0.25) is 14.4 Å². The van der Waals surface area contributed by atoms with Crippen LogP contribution in [0, 0.1) is 0 Å². The Morgan fingerprint density at radius 3 is 1.36 bits per heavy atom. The molecule has 6 N–H and O–H groups in total. The summed E-state index contributed by atoms with van der Waals surface area (Å²) in [5.41, 5.74) is 0. The average molecular weight is 1180 g/mol. The van der Waals surface area contributed by atoms with Crippen LogP contribution in [0.3, 0.4) is 0 Å². The molecule has 0 aromatic rings. The van der Waals surface area contributed by atoms with Gasteiger partial charge in [0.25, 0.3) is 0 Å². The lowest BCUT2D eigenvalue weighted by Crippen LogP contribution is -2.62. The van der Waals surface area contributed by atoms with Crippen LogP contribution in [-0.2, 0) is 47.5 Å². The van der Waals surface area contributed by atoms with Crippen molar-refractivity contribution in [1.82, 2.24) is 0 Å². The van der Waals surface area contributed by atoms with Gasteiger partial charge in [0.2, 0.25) is 0 Å². The van der Waals surface area contributed by atoms with Crippen molar-refractivity contribution in [2.45, 2.75) is 319 Å². The molecule has 0 radical (unpaired) electrons. The zero-order valence-corrected chi connectivity index (χ0v) is 51.7. The van der Waals surface area contributed by atoms with Gasteiger partial charge >= 0.3 is 17.9 Å². The molecule has 2 fully saturated rings. The van der Waals surface area contributed by atoms with Crippen molar-refractivity contribution in [3.05, 3.63) is 60.8 Å². The minimum Gasteiger partial charge on any atom is -0.462 e. The first kappa shape index (κ1) is 75.8. The average Bonchev–Trinajstić information content (AvgIpc) is 3.57. The molecule has 0 spiro atoms. The molecule has 2 aliphatic rings. The Kier molecular flexibility index (Phi) is 47.4. The van der Waals surface area contributed by atoms with E-state index in [1.165, 1.54) is 77.0 Å². The van der Waals surface area contributed by atoms with E-state index in [0.717, 1.165) is 116 Å². The Balaban J connectivity index is 1.90. The van der Waals surface area contributed by atoms with Crippen molar-refractivity contribution in [3.8, 4) is 0 Å². The van der Waals surface area contributed by atoms with Gasteiger partial charge in [-0.1, -0.05) is 210 Å². The Labute approximate surface area is 500 Å². The molecular weight excluding hydrogens is 1060 g/mol. The highest BCUT2D eigenvalue weighted by molar-refractivity contribution is 5.70. The third-order valence-corrected chi connectivity index (χ3v) is 15.2. The third-order valence-electron chi connectivity index (χ3n) is 15.2. The minimum atomic E-state index is -1.80. The second-order valence-corrected chi connectivity index (χ2v) is 22.7. The van der Waals surface area contributed by atoms with E-state index in [9.17, 15) is 45.0 Å². The van der Waals surface area contributed by atoms with Crippen LogP contribution in [0.1, 0.15) is 252 Å². The highest BCUT2D eigenvalue weighted by atomic mass is 16.7. The van der Waals surface area contributed by atoms with E-state index in [1.54, 1.807) is 0 Å². The largest absolute Gasteiger partial charge is 0.462 e. The fourth-order valence-electron chi connectivity index (χ4n) is 10.00. The summed E-state index contributed by atoms with van der Waals surface area (Å²) in [4.78, 5) is 39.0. The molecule has 0 aliphatic carbocycles. The van der Waals surface area contributed by atoms with Crippen LogP contribution in [0.4, 0.5) is 0 Å². The first-order valence-electron chi connectivity index (χ1n) is 32.8. The number of aliphatic hydroxyl groups excluding tert-OH is 6. The summed E-state index contributed by atoms with van der Waals surface area (Å²) < 4.78 is 40.0. The lowest BCUT2D eigenvalue weighted by Gasteiger charge is -2.43. The first-order valence-corrected chi connectivity index (χ1v) is 32.8. The maximum atomic E-state index is 13.2. The van der Waals surface area contributed by atoms with Gasteiger partial charge in [0, 0.05) is 19.3 Å². The molecule has 2 aliphatic heterocycles. The van der Waals surface area contributed by atoms with E-state index in [2.05, 4.69) is 81.5 Å². The summed E-state index contributed by atoms with van der Waals surface area (Å²) in [5, 5.41) is 65.0. The zero-order valence-electron chi connectivity index (χ0n) is 51.7. The molecule has 480 valence electrons. The number of carbonyl (C=O) groups excluding carboxylic acids is 3. The minimum absolute atomic E-state index is 0.0533. The van der Waals surface area contributed by atoms with Crippen molar-refractivity contribution in [2.24, 2.45) is 0 Å². The van der Waals surface area contributed by atoms with Crippen LogP contribution in [0.15, 0.2) is 60.8 Å². The fraction of sp³-hybridized carbons (Fsp3) is 0.806.